The molecule has 2 heterocycles. The van der Waals surface area contributed by atoms with Gasteiger partial charge < -0.3 is 8.83 Å². The molecule has 0 aromatic carbocycles. The average Bonchev–Trinajstić information content (AvgIpc) is 3.75. The zero-order valence-electron chi connectivity index (χ0n) is 28.0. The molecule has 7 rings (SSSR count). The molecule has 5 saturated carbocycles. The summed E-state index contributed by atoms with van der Waals surface area (Å²) >= 11 is 0. The van der Waals surface area contributed by atoms with E-state index in [-0.39, 0.29) is 0 Å². The van der Waals surface area contributed by atoms with Crippen LogP contribution in [0.2, 0.25) is 0 Å². The summed E-state index contributed by atoms with van der Waals surface area (Å²) in [5.41, 5.74) is 0. The van der Waals surface area contributed by atoms with Crippen molar-refractivity contribution < 1.29 is 8.83 Å². The molecule has 5 fully saturated rings. The molecule has 0 spiro atoms. The number of hydrogen-bond donors (Lipinski definition) is 0. The maximum absolute atomic E-state index is 6.38. The fourth-order valence-corrected chi connectivity index (χ4v) is 9.84. The van der Waals surface area contributed by atoms with E-state index in [4.69, 9.17) is 8.83 Å². The third kappa shape index (κ3) is 6.98. The van der Waals surface area contributed by atoms with Gasteiger partial charge >= 0.3 is 0 Å². The van der Waals surface area contributed by atoms with Crippen LogP contribution in [0.15, 0.2) is 8.83 Å². The van der Waals surface area contributed by atoms with Gasteiger partial charge in [0.1, 0.15) is 0 Å². The first-order chi connectivity index (χ1) is 21.5. The summed E-state index contributed by atoms with van der Waals surface area (Å²) < 4.78 is 12.8. The van der Waals surface area contributed by atoms with E-state index in [1.807, 2.05) is 0 Å². The average molecular weight is 606 g/mol. The van der Waals surface area contributed by atoms with Crippen molar-refractivity contribution in [3.8, 4) is 0 Å². The lowest BCUT2D eigenvalue weighted by Gasteiger charge is -2.49. The standard InChI is InChI=1S/C37H59N5O2/c1-24-4-10-27(11-5-24)34-38-40-36(43-34)29-14-20-32(21-15-29)42(31-18-8-26(3)9-19-31)33-22-16-30(17-23-33)37-41-39-35(44-37)28-12-6-25(2)7-13-28/h24-33H,4-23H2,1-3H3. The molecule has 244 valence electrons. The highest BCUT2D eigenvalue weighted by atomic mass is 16.4. The second-order valence-electron chi connectivity index (χ2n) is 16.2. The van der Waals surface area contributed by atoms with Gasteiger partial charge in [0.2, 0.25) is 23.6 Å². The minimum atomic E-state index is 0.443. The molecule has 7 nitrogen and oxygen atoms in total. The lowest BCUT2D eigenvalue weighted by atomic mass is 9.78. The third-order valence-electron chi connectivity index (χ3n) is 13.0. The molecule has 0 unspecified atom stereocenters. The van der Waals surface area contributed by atoms with Crippen LogP contribution in [0.5, 0.6) is 0 Å². The van der Waals surface area contributed by atoms with Gasteiger partial charge in [-0.1, -0.05) is 20.8 Å². The van der Waals surface area contributed by atoms with E-state index in [0.717, 1.165) is 47.4 Å². The summed E-state index contributed by atoms with van der Waals surface area (Å²) in [6, 6.07) is 2.14. The van der Waals surface area contributed by atoms with E-state index < -0.39 is 0 Å². The molecule has 0 saturated heterocycles. The Hall–Kier alpha value is -1.76. The number of aromatic nitrogens is 4. The third-order valence-corrected chi connectivity index (χ3v) is 13.0. The lowest BCUT2D eigenvalue weighted by molar-refractivity contribution is 0.0103. The molecule has 0 atom stereocenters. The maximum atomic E-state index is 6.38. The van der Waals surface area contributed by atoms with Gasteiger partial charge in [0.05, 0.1) is 0 Å². The van der Waals surface area contributed by atoms with Crippen molar-refractivity contribution in [2.45, 2.75) is 191 Å². The van der Waals surface area contributed by atoms with Gasteiger partial charge in [-0.2, -0.15) is 0 Å². The van der Waals surface area contributed by atoms with Crippen molar-refractivity contribution in [3.63, 3.8) is 0 Å². The molecular weight excluding hydrogens is 546 g/mol. The molecule has 0 amide bonds. The van der Waals surface area contributed by atoms with E-state index in [0.29, 0.717) is 35.8 Å². The highest BCUT2D eigenvalue weighted by Crippen LogP contribution is 2.44. The minimum Gasteiger partial charge on any atom is -0.425 e. The van der Waals surface area contributed by atoms with Crippen LogP contribution < -0.4 is 0 Å². The van der Waals surface area contributed by atoms with Gasteiger partial charge in [0.25, 0.3) is 0 Å². The smallest absolute Gasteiger partial charge is 0.219 e. The zero-order chi connectivity index (χ0) is 30.0. The van der Waals surface area contributed by atoms with Crippen LogP contribution in [0, 0.1) is 17.8 Å². The Bertz CT molecular complexity index is 1070. The zero-order valence-corrected chi connectivity index (χ0v) is 28.0. The van der Waals surface area contributed by atoms with Crippen LogP contribution >= 0.6 is 0 Å². The SMILES string of the molecule is CC1CCC(c2nnc(C3CCC(N(C4CCC(C)CC4)C4CCC(c5nnc(C6CCC(C)CC6)o5)CC4)CC3)o2)CC1. The van der Waals surface area contributed by atoms with E-state index in [2.05, 4.69) is 46.1 Å². The summed E-state index contributed by atoms with van der Waals surface area (Å²) in [6.45, 7) is 7.20. The van der Waals surface area contributed by atoms with E-state index in [1.54, 1.807) is 0 Å². The van der Waals surface area contributed by atoms with E-state index in [9.17, 15) is 0 Å². The molecular formula is C37H59N5O2. The Morgan fingerprint density at radius 3 is 0.886 bits per heavy atom. The topological polar surface area (TPSA) is 81.1 Å². The summed E-state index contributed by atoms with van der Waals surface area (Å²) in [6.07, 6.45) is 25.4. The Balaban J connectivity index is 0.965. The molecule has 0 aliphatic heterocycles. The van der Waals surface area contributed by atoms with Crippen LogP contribution in [0.3, 0.4) is 0 Å². The van der Waals surface area contributed by atoms with Crippen molar-refractivity contribution in [2.75, 3.05) is 0 Å². The molecule has 0 bridgehead atoms. The maximum Gasteiger partial charge on any atom is 0.219 e. The quantitative estimate of drug-likeness (QED) is 0.311. The van der Waals surface area contributed by atoms with Crippen LogP contribution in [0.4, 0.5) is 0 Å². The molecule has 2 aromatic rings. The molecule has 2 aromatic heterocycles. The van der Waals surface area contributed by atoms with Crippen LogP contribution in [-0.4, -0.2) is 43.4 Å². The Morgan fingerprint density at radius 2 is 0.591 bits per heavy atom. The molecule has 5 aliphatic rings. The number of rotatable bonds is 7. The summed E-state index contributed by atoms with van der Waals surface area (Å²) in [7, 11) is 0. The van der Waals surface area contributed by atoms with E-state index >= 15 is 0 Å². The Morgan fingerprint density at radius 1 is 0.364 bits per heavy atom. The lowest BCUT2D eigenvalue weighted by Crippen LogP contribution is -2.52. The normalized spacial score (nSPS) is 39.0. The van der Waals surface area contributed by atoms with Crippen molar-refractivity contribution in [3.05, 3.63) is 23.6 Å². The predicted octanol–water partition coefficient (Wildman–Crippen LogP) is 9.67. The summed E-state index contributed by atoms with van der Waals surface area (Å²) in [4.78, 5) is 3.06. The van der Waals surface area contributed by atoms with Gasteiger partial charge in [-0.05, 0) is 146 Å². The summed E-state index contributed by atoms with van der Waals surface area (Å²) in [5, 5.41) is 18.4. The van der Waals surface area contributed by atoms with Crippen LogP contribution in [-0.2, 0) is 0 Å². The monoisotopic (exact) mass is 605 g/mol. The predicted molar refractivity (Wildman–Crippen MR) is 173 cm³/mol. The van der Waals surface area contributed by atoms with E-state index in [1.165, 1.54) is 128 Å². The van der Waals surface area contributed by atoms with Crippen molar-refractivity contribution in [1.29, 1.82) is 0 Å². The molecule has 44 heavy (non-hydrogen) atoms. The first-order valence-corrected chi connectivity index (χ1v) is 18.9. The second kappa shape index (κ2) is 13.9. The molecule has 0 N–H and O–H groups in total. The largest absolute Gasteiger partial charge is 0.425 e. The van der Waals surface area contributed by atoms with Gasteiger partial charge in [-0.25, -0.2) is 0 Å². The fraction of sp³-hybridized carbons (Fsp3) is 0.892. The number of hydrogen-bond acceptors (Lipinski definition) is 7. The van der Waals surface area contributed by atoms with Gasteiger partial charge in [-0.3, -0.25) is 4.90 Å². The Kier molecular flexibility index (Phi) is 9.77. The minimum absolute atomic E-state index is 0.443. The molecule has 5 aliphatic carbocycles. The molecule has 7 heteroatoms. The fourth-order valence-electron chi connectivity index (χ4n) is 9.84. The van der Waals surface area contributed by atoms with Crippen LogP contribution in [0.1, 0.15) is 196 Å². The van der Waals surface area contributed by atoms with Crippen molar-refractivity contribution in [1.82, 2.24) is 25.3 Å². The highest BCUT2D eigenvalue weighted by molar-refractivity contribution is 5.03. The van der Waals surface area contributed by atoms with Crippen molar-refractivity contribution >= 4 is 0 Å². The molecule has 0 radical (unpaired) electrons. The van der Waals surface area contributed by atoms with Crippen LogP contribution in [0.25, 0.3) is 0 Å². The first kappa shape index (κ1) is 30.9. The number of nitrogens with zero attached hydrogens (tertiary/aromatic N) is 5. The Labute approximate surface area is 266 Å². The first-order valence-electron chi connectivity index (χ1n) is 18.9. The van der Waals surface area contributed by atoms with Gasteiger partial charge in [0.15, 0.2) is 0 Å². The highest BCUT2D eigenvalue weighted by Gasteiger charge is 2.40. The summed E-state index contributed by atoms with van der Waals surface area (Å²) in [5.74, 6) is 8.13. The van der Waals surface area contributed by atoms with Gasteiger partial charge in [0, 0.05) is 41.8 Å². The van der Waals surface area contributed by atoms with Gasteiger partial charge in [-0.15, -0.1) is 20.4 Å². The second-order valence-corrected chi connectivity index (χ2v) is 16.2. The van der Waals surface area contributed by atoms with Crippen molar-refractivity contribution in [2.24, 2.45) is 17.8 Å².